The number of ether oxygens (including phenoxy) is 1. The monoisotopic (exact) mass is 767 g/mol. The first kappa shape index (κ1) is 47.5. The number of rotatable bonds is 34. The van der Waals surface area contributed by atoms with E-state index < -0.39 is 5.97 Å². The Balaban J connectivity index is 1.50. The van der Waals surface area contributed by atoms with E-state index in [1.807, 2.05) is 24.3 Å². The summed E-state index contributed by atoms with van der Waals surface area (Å²) in [6.07, 6.45) is 35.8. The highest BCUT2D eigenvalue weighted by Gasteiger charge is 2.25. The first-order chi connectivity index (χ1) is 27.5. The highest BCUT2D eigenvalue weighted by Crippen LogP contribution is 2.43. The second kappa shape index (κ2) is 30.2. The number of benzene rings is 3. The van der Waals surface area contributed by atoms with Crippen LogP contribution in [0.1, 0.15) is 235 Å². The first-order valence-corrected chi connectivity index (χ1v) is 23.7. The molecule has 3 aromatic carbocycles. The second-order valence-electron chi connectivity index (χ2n) is 16.8. The Morgan fingerprint density at radius 3 is 1.48 bits per heavy atom. The van der Waals surface area contributed by atoms with Gasteiger partial charge in [-0.1, -0.05) is 236 Å². The molecule has 3 nitrogen and oxygen atoms in total. The number of unbranched alkanes of at least 4 members (excludes halogenated alkanes) is 22. The lowest BCUT2D eigenvalue weighted by Gasteiger charge is -2.26. The molecule has 0 aliphatic rings. The SMILES string of the molecule is CCCCCCCCCCCCCCCCCCCCOC(C)c1ccc(-c2ccc(C(=O)O)c(-c3ccccc3)c2C(CCC)CCCCCCCC)cc1. The summed E-state index contributed by atoms with van der Waals surface area (Å²) in [5.74, 6) is -0.561. The van der Waals surface area contributed by atoms with Crippen molar-refractivity contribution in [3.63, 3.8) is 0 Å². The van der Waals surface area contributed by atoms with Crippen molar-refractivity contribution in [2.45, 2.75) is 213 Å². The molecule has 0 spiro atoms. The van der Waals surface area contributed by atoms with Crippen LogP contribution in [0.4, 0.5) is 0 Å². The lowest BCUT2D eigenvalue weighted by Crippen LogP contribution is -2.09. The van der Waals surface area contributed by atoms with Gasteiger partial charge in [-0.3, -0.25) is 0 Å². The van der Waals surface area contributed by atoms with Crippen molar-refractivity contribution < 1.29 is 14.6 Å². The van der Waals surface area contributed by atoms with Crippen molar-refractivity contribution in [2.24, 2.45) is 0 Å². The Kier molecular flexibility index (Phi) is 25.6. The van der Waals surface area contributed by atoms with E-state index in [9.17, 15) is 9.90 Å². The van der Waals surface area contributed by atoms with Crippen LogP contribution in [-0.2, 0) is 4.74 Å². The van der Waals surface area contributed by atoms with Gasteiger partial charge in [0.05, 0.1) is 11.7 Å². The predicted octanol–water partition coefficient (Wildman–Crippen LogP) is 17.5. The molecule has 0 fully saturated rings. The largest absolute Gasteiger partial charge is 0.478 e. The molecular weight excluding hydrogens is 685 g/mol. The predicted molar refractivity (Wildman–Crippen MR) is 243 cm³/mol. The highest BCUT2D eigenvalue weighted by molar-refractivity contribution is 5.99. The van der Waals surface area contributed by atoms with Crippen molar-refractivity contribution in [1.82, 2.24) is 0 Å². The van der Waals surface area contributed by atoms with E-state index >= 15 is 0 Å². The van der Waals surface area contributed by atoms with Crippen LogP contribution in [0.2, 0.25) is 0 Å². The summed E-state index contributed by atoms with van der Waals surface area (Å²) in [6, 6.07) is 23.0. The van der Waals surface area contributed by atoms with E-state index in [2.05, 4.69) is 70.2 Å². The van der Waals surface area contributed by atoms with Crippen LogP contribution in [0, 0.1) is 0 Å². The van der Waals surface area contributed by atoms with Gasteiger partial charge in [0.2, 0.25) is 0 Å². The lowest BCUT2D eigenvalue weighted by atomic mass is 9.78. The Morgan fingerprint density at radius 1 is 0.518 bits per heavy atom. The zero-order chi connectivity index (χ0) is 40.1. The van der Waals surface area contributed by atoms with Gasteiger partial charge in [0.15, 0.2) is 0 Å². The Bertz CT molecular complexity index is 1410. The number of carboxylic acids is 1. The molecule has 3 aromatic rings. The summed E-state index contributed by atoms with van der Waals surface area (Å²) >= 11 is 0. The quantitative estimate of drug-likeness (QED) is 0.0616. The molecule has 2 atom stereocenters. The Hall–Kier alpha value is -2.91. The van der Waals surface area contributed by atoms with Crippen LogP contribution in [0.3, 0.4) is 0 Å². The molecule has 3 rings (SSSR count). The van der Waals surface area contributed by atoms with Gasteiger partial charge in [-0.25, -0.2) is 4.79 Å². The average Bonchev–Trinajstić information content (AvgIpc) is 3.22. The van der Waals surface area contributed by atoms with Gasteiger partial charge in [0.25, 0.3) is 0 Å². The number of aromatic carboxylic acids is 1. The van der Waals surface area contributed by atoms with E-state index in [-0.39, 0.29) is 6.10 Å². The van der Waals surface area contributed by atoms with Gasteiger partial charge in [0.1, 0.15) is 0 Å². The van der Waals surface area contributed by atoms with E-state index in [0.29, 0.717) is 11.5 Å². The number of carbonyl (C=O) groups is 1. The van der Waals surface area contributed by atoms with Crippen molar-refractivity contribution in [3.8, 4) is 22.3 Å². The summed E-state index contributed by atoms with van der Waals surface area (Å²) in [6.45, 7) is 9.80. The molecule has 0 amide bonds. The van der Waals surface area contributed by atoms with Crippen molar-refractivity contribution in [2.75, 3.05) is 6.61 Å². The van der Waals surface area contributed by atoms with Crippen molar-refractivity contribution in [1.29, 1.82) is 0 Å². The maximum absolute atomic E-state index is 12.7. The smallest absolute Gasteiger partial charge is 0.336 e. The summed E-state index contributed by atoms with van der Waals surface area (Å²) in [7, 11) is 0. The van der Waals surface area contributed by atoms with E-state index in [4.69, 9.17) is 4.74 Å². The summed E-state index contributed by atoms with van der Waals surface area (Å²) in [5.41, 5.74) is 7.00. The molecule has 312 valence electrons. The van der Waals surface area contributed by atoms with Crippen molar-refractivity contribution in [3.05, 3.63) is 83.4 Å². The minimum atomic E-state index is -0.859. The van der Waals surface area contributed by atoms with E-state index in [1.165, 1.54) is 159 Å². The van der Waals surface area contributed by atoms with Crippen LogP contribution in [0.5, 0.6) is 0 Å². The number of hydrogen-bond donors (Lipinski definition) is 1. The van der Waals surface area contributed by atoms with E-state index in [1.54, 1.807) is 0 Å². The first-order valence-electron chi connectivity index (χ1n) is 23.7. The number of hydrogen-bond acceptors (Lipinski definition) is 2. The fraction of sp³-hybridized carbons (Fsp3) is 0.642. The number of carboxylic acid groups (broad SMARTS) is 1. The van der Waals surface area contributed by atoms with Gasteiger partial charge in [0, 0.05) is 12.2 Å². The second-order valence-corrected chi connectivity index (χ2v) is 16.8. The third-order valence-corrected chi connectivity index (χ3v) is 12.0. The molecule has 0 radical (unpaired) electrons. The Labute approximate surface area is 344 Å². The van der Waals surface area contributed by atoms with Gasteiger partial charge in [-0.2, -0.15) is 0 Å². The van der Waals surface area contributed by atoms with Crippen LogP contribution in [-0.4, -0.2) is 17.7 Å². The maximum atomic E-state index is 12.7. The fourth-order valence-corrected chi connectivity index (χ4v) is 8.64. The van der Waals surface area contributed by atoms with Crippen LogP contribution in [0.25, 0.3) is 22.3 Å². The molecule has 56 heavy (non-hydrogen) atoms. The normalized spacial score (nSPS) is 12.6. The van der Waals surface area contributed by atoms with Gasteiger partial charge in [-0.05, 0) is 66.0 Å². The molecule has 0 saturated carbocycles. The maximum Gasteiger partial charge on any atom is 0.336 e. The lowest BCUT2D eigenvalue weighted by molar-refractivity contribution is 0.0627. The van der Waals surface area contributed by atoms with E-state index in [0.717, 1.165) is 54.5 Å². The summed E-state index contributed by atoms with van der Waals surface area (Å²) < 4.78 is 6.33. The molecule has 0 aromatic heterocycles. The van der Waals surface area contributed by atoms with Gasteiger partial charge < -0.3 is 9.84 Å². The standard InChI is InChI=1S/C53H82O3/c1-5-8-10-12-14-15-16-17-18-19-20-21-22-23-24-25-27-32-43-56-44(4)45-37-39-46(40-38-45)49-41-42-50(53(54)55)52(48-35-30-28-31-36-48)51(49)47(33-7-3)34-29-26-13-11-9-6-2/h28,30-31,35-42,44,47H,5-27,29,32-34,43H2,1-4H3,(H,54,55). The van der Waals surface area contributed by atoms with Crippen molar-refractivity contribution >= 4 is 5.97 Å². The molecule has 0 saturated heterocycles. The minimum Gasteiger partial charge on any atom is -0.478 e. The van der Waals surface area contributed by atoms with Crippen LogP contribution in [0.15, 0.2) is 66.7 Å². The zero-order valence-corrected chi connectivity index (χ0v) is 36.6. The third-order valence-electron chi connectivity index (χ3n) is 12.0. The zero-order valence-electron chi connectivity index (χ0n) is 36.6. The molecule has 0 bridgehead atoms. The van der Waals surface area contributed by atoms with Crippen LogP contribution >= 0.6 is 0 Å². The fourth-order valence-electron chi connectivity index (χ4n) is 8.64. The third kappa shape index (κ3) is 18.1. The molecule has 1 N–H and O–H groups in total. The molecular formula is C53H82O3. The van der Waals surface area contributed by atoms with Gasteiger partial charge in [-0.15, -0.1) is 0 Å². The van der Waals surface area contributed by atoms with Crippen LogP contribution < -0.4 is 0 Å². The minimum absolute atomic E-state index is 0.0455. The molecule has 0 heterocycles. The molecule has 0 aliphatic heterocycles. The van der Waals surface area contributed by atoms with Gasteiger partial charge >= 0.3 is 5.97 Å². The summed E-state index contributed by atoms with van der Waals surface area (Å²) in [4.78, 5) is 12.7. The topological polar surface area (TPSA) is 46.5 Å². The average molecular weight is 767 g/mol. The molecule has 2 unspecified atom stereocenters. The summed E-state index contributed by atoms with van der Waals surface area (Å²) in [5, 5.41) is 10.4. The molecule has 0 aliphatic carbocycles. The highest BCUT2D eigenvalue weighted by atomic mass is 16.5. The molecule has 3 heteroatoms. The Morgan fingerprint density at radius 2 is 1.00 bits per heavy atom.